The van der Waals surface area contributed by atoms with Crippen LogP contribution >= 0.6 is 0 Å². The van der Waals surface area contributed by atoms with Crippen LogP contribution in [0.4, 0.5) is 0 Å². The maximum absolute atomic E-state index is 11.6. The van der Waals surface area contributed by atoms with Crippen LogP contribution in [-0.4, -0.2) is 35.6 Å². The normalized spacial score (nSPS) is 9.93. The molecular weight excluding hydrogens is 178 g/mol. The average molecular weight is 199 g/mol. The molecule has 0 saturated heterocycles. The maximum atomic E-state index is 11.6. The van der Waals surface area contributed by atoms with E-state index < -0.39 is 0 Å². The van der Waals surface area contributed by atoms with Crippen molar-refractivity contribution in [3.8, 4) is 0 Å². The number of carbonyl (C=O) groups excluding carboxylic acids is 1. The van der Waals surface area contributed by atoms with Crippen LogP contribution in [0.15, 0.2) is 12.2 Å². The van der Waals surface area contributed by atoms with E-state index in [9.17, 15) is 4.79 Å². The highest BCUT2D eigenvalue weighted by Crippen LogP contribution is 2.03. The molecule has 0 aliphatic carbocycles. The average Bonchev–Trinajstić information content (AvgIpc) is 2.14. The lowest BCUT2D eigenvalue weighted by molar-refractivity contribution is -0.130. The summed E-state index contributed by atoms with van der Waals surface area (Å²) in [7, 11) is 0. The van der Waals surface area contributed by atoms with Crippen LogP contribution in [0.1, 0.15) is 33.1 Å². The van der Waals surface area contributed by atoms with Crippen LogP contribution in [-0.2, 0) is 4.79 Å². The summed E-state index contributed by atoms with van der Waals surface area (Å²) in [5.74, 6) is 0.156. The van der Waals surface area contributed by atoms with E-state index in [0.717, 1.165) is 18.5 Å². The lowest BCUT2D eigenvalue weighted by Crippen LogP contribution is -2.31. The monoisotopic (exact) mass is 199 g/mol. The first-order chi connectivity index (χ1) is 6.61. The van der Waals surface area contributed by atoms with Crippen molar-refractivity contribution in [3.63, 3.8) is 0 Å². The lowest BCUT2D eigenvalue weighted by atomic mass is 10.2. The predicted octanol–water partition coefficient (Wildman–Crippen LogP) is 1.57. The Hall–Kier alpha value is -0.830. The van der Waals surface area contributed by atoms with Gasteiger partial charge in [-0.15, -0.1) is 0 Å². The molecule has 0 aliphatic heterocycles. The smallest absolute Gasteiger partial charge is 0.222 e. The van der Waals surface area contributed by atoms with Crippen molar-refractivity contribution < 1.29 is 9.90 Å². The molecule has 0 aromatic heterocycles. The Bertz CT molecular complexity index is 190. The molecule has 0 fully saturated rings. The summed E-state index contributed by atoms with van der Waals surface area (Å²) in [6.07, 6.45) is 2.00. The zero-order valence-electron chi connectivity index (χ0n) is 9.25. The van der Waals surface area contributed by atoms with Gasteiger partial charge in [0.1, 0.15) is 0 Å². The Balaban J connectivity index is 3.85. The van der Waals surface area contributed by atoms with Crippen LogP contribution in [0.5, 0.6) is 0 Å². The van der Waals surface area contributed by atoms with Crippen molar-refractivity contribution in [2.24, 2.45) is 0 Å². The number of carbonyl (C=O) groups is 1. The van der Waals surface area contributed by atoms with Crippen LogP contribution < -0.4 is 0 Å². The van der Waals surface area contributed by atoms with E-state index in [2.05, 4.69) is 6.58 Å². The fourth-order valence-corrected chi connectivity index (χ4v) is 1.25. The molecule has 1 amide bonds. The number of likely N-dealkylation sites (N-methyl/N-ethyl adjacent to an activating group) is 1. The summed E-state index contributed by atoms with van der Waals surface area (Å²) >= 11 is 0. The molecule has 0 rings (SSSR count). The van der Waals surface area contributed by atoms with Crippen LogP contribution in [0.2, 0.25) is 0 Å². The molecule has 0 bridgehead atoms. The molecule has 3 nitrogen and oxygen atoms in total. The maximum Gasteiger partial charge on any atom is 0.222 e. The van der Waals surface area contributed by atoms with E-state index in [1.165, 1.54) is 0 Å². The van der Waals surface area contributed by atoms with Crippen molar-refractivity contribution in [2.75, 3.05) is 19.7 Å². The third-order valence-corrected chi connectivity index (χ3v) is 1.99. The van der Waals surface area contributed by atoms with E-state index in [-0.39, 0.29) is 12.5 Å². The highest BCUT2D eigenvalue weighted by atomic mass is 16.2. The predicted molar refractivity (Wildman–Crippen MR) is 58.0 cm³/mol. The number of nitrogens with zero attached hydrogens (tertiary/aromatic N) is 1. The Labute approximate surface area is 86.4 Å². The second-order valence-electron chi connectivity index (χ2n) is 3.55. The molecule has 0 aromatic carbocycles. The van der Waals surface area contributed by atoms with Crippen molar-refractivity contribution in [2.45, 2.75) is 33.1 Å². The standard InChI is InChI=1S/C11H21NO2/c1-4-12(9-10(2)3)11(14)7-5-6-8-13/h13H,2,4-9H2,1,3H3. The Morgan fingerprint density at radius 2 is 2.07 bits per heavy atom. The molecule has 0 atom stereocenters. The third-order valence-electron chi connectivity index (χ3n) is 1.99. The molecule has 3 heteroatoms. The Morgan fingerprint density at radius 1 is 1.43 bits per heavy atom. The molecule has 0 saturated carbocycles. The first kappa shape index (κ1) is 13.2. The first-order valence-electron chi connectivity index (χ1n) is 5.14. The van der Waals surface area contributed by atoms with Crippen molar-refractivity contribution in [1.29, 1.82) is 0 Å². The Morgan fingerprint density at radius 3 is 2.50 bits per heavy atom. The number of amides is 1. The number of hydrogen-bond acceptors (Lipinski definition) is 2. The minimum Gasteiger partial charge on any atom is -0.396 e. The molecule has 0 aromatic rings. The van der Waals surface area contributed by atoms with Gasteiger partial charge in [-0.2, -0.15) is 0 Å². The van der Waals surface area contributed by atoms with Crippen molar-refractivity contribution in [1.82, 2.24) is 4.90 Å². The fraction of sp³-hybridized carbons (Fsp3) is 0.727. The lowest BCUT2D eigenvalue weighted by Gasteiger charge is -2.20. The molecule has 1 N–H and O–H groups in total. The number of aliphatic hydroxyl groups is 1. The summed E-state index contributed by atoms with van der Waals surface area (Å²) in [6.45, 7) is 9.21. The second-order valence-corrected chi connectivity index (χ2v) is 3.55. The van der Waals surface area contributed by atoms with Crippen molar-refractivity contribution in [3.05, 3.63) is 12.2 Å². The van der Waals surface area contributed by atoms with E-state index in [0.29, 0.717) is 19.4 Å². The minimum atomic E-state index is 0.156. The van der Waals surface area contributed by atoms with Crippen molar-refractivity contribution >= 4 is 5.91 Å². The summed E-state index contributed by atoms with van der Waals surface area (Å²) in [4.78, 5) is 13.4. The largest absolute Gasteiger partial charge is 0.396 e. The van der Waals surface area contributed by atoms with E-state index in [1.807, 2.05) is 13.8 Å². The summed E-state index contributed by atoms with van der Waals surface area (Å²) < 4.78 is 0. The first-order valence-corrected chi connectivity index (χ1v) is 5.14. The van der Waals surface area contributed by atoms with Gasteiger partial charge in [-0.1, -0.05) is 12.2 Å². The molecule has 0 radical (unpaired) electrons. The summed E-state index contributed by atoms with van der Waals surface area (Å²) in [6, 6.07) is 0. The molecule has 0 unspecified atom stereocenters. The van der Waals surface area contributed by atoms with Crippen LogP contribution in [0.3, 0.4) is 0 Å². The van der Waals surface area contributed by atoms with Gasteiger partial charge in [0.15, 0.2) is 0 Å². The number of hydrogen-bond donors (Lipinski definition) is 1. The van der Waals surface area contributed by atoms with Gasteiger partial charge in [-0.3, -0.25) is 4.79 Å². The van der Waals surface area contributed by atoms with Gasteiger partial charge in [-0.25, -0.2) is 0 Å². The number of aliphatic hydroxyl groups excluding tert-OH is 1. The minimum absolute atomic E-state index is 0.156. The van der Waals surface area contributed by atoms with Gasteiger partial charge < -0.3 is 10.0 Å². The Kier molecular flexibility index (Phi) is 7.11. The van der Waals surface area contributed by atoms with Gasteiger partial charge in [0, 0.05) is 26.1 Å². The highest BCUT2D eigenvalue weighted by Gasteiger charge is 2.10. The molecule has 82 valence electrons. The second kappa shape index (κ2) is 7.56. The van der Waals surface area contributed by atoms with E-state index >= 15 is 0 Å². The van der Waals surface area contributed by atoms with Crippen LogP contribution in [0.25, 0.3) is 0 Å². The van der Waals surface area contributed by atoms with Crippen LogP contribution in [0, 0.1) is 0 Å². The van der Waals surface area contributed by atoms with E-state index in [1.54, 1.807) is 4.90 Å². The highest BCUT2D eigenvalue weighted by molar-refractivity contribution is 5.76. The van der Waals surface area contributed by atoms with Gasteiger partial charge in [0.2, 0.25) is 5.91 Å². The third kappa shape index (κ3) is 5.75. The molecule has 0 heterocycles. The topological polar surface area (TPSA) is 40.5 Å². The summed E-state index contributed by atoms with van der Waals surface area (Å²) in [5.41, 5.74) is 1.00. The van der Waals surface area contributed by atoms with Gasteiger partial charge >= 0.3 is 0 Å². The van der Waals surface area contributed by atoms with Gasteiger partial charge in [0.05, 0.1) is 0 Å². The van der Waals surface area contributed by atoms with Gasteiger partial charge in [-0.05, 0) is 26.7 Å². The summed E-state index contributed by atoms with van der Waals surface area (Å²) in [5, 5.41) is 8.58. The van der Waals surface area contributed by atoms with E-state index in [4.69, 9.17) is 5.11 Å². The molecule has 0 aliphatic rings. The number of rotatable bonds is 7. The molecule has 0 spiro atoms. The zero-order chi connectivity index (χ0) is 11.0. The molecule has 14 heavy (non-hydrogen) atoms. The fourth-order valence-electron chi connectivity index (χ4n) is 1.25. The molecular formula is C11H21NO2. The SMILES string of the molecule is C=C(C)CN(CC)C(=O)CCCCO. The quantitative estimate of drug-likeness (QED) is 0.499. The number of unbranched alkanes of at least 4 members (excludes halogenated alkanes) is 1. The zero-order valence-corrected chi connectivity index (χ0v) is 9.25. The van der Waals surface area contributed by atoms with Gasteiger partial charge in [0.25, 0.3) is 0 Å².